The van der Waals surface area contributed by atoms with Crippen LogP contribution < -0.4 is 25.4 Å². The molecule has 4 aromatic rings. The molecule has 2 saturated heterocycles. The minimum atomic E-state index is -0.580. The van der Waals surface area contributed by atoms with Gasteiger partial charge in [-0.3, -0.25) is 24.0 Å². The van der Waals surface area contributed by atoms with Crippen LogP contribution in [0.2, 0.25) is 0 Å². The Morgan fingerprint density at radius 1 is 0.702 bits per heavy atom. The fraction of sp³-hybridized carbons (Fsp3) is 0.455. The minimum Gasteiger partial charge on any atom is -0.497 e. The molecule has 0 atom stereocenters. The van der Waals surface area contributed by atoms with Crippen LogP contribution in [0.4, 0.5) is 11.4 Å². The number of rotatable bonds is 7. The van der Waals surface area contributed by atoms with Gasteiger partial charge < -0.3 is 35.2 Å². The number of ether oxygens (including phenoxy) is 2. The lowest BCUT2D eigenvalue weighted by atomic mass is 9.98. The van der Waals surface area contributed by atoms with Gasteiger partial charge >= 0.3 is 0 Å². The molecule has 2 amide bonds. The number of nitrogens with one attached hydrogen (secondary N) is 1. The standard InChI is InChI=1S/C22H23N3O2.C9H7NO3.C7H16N2.C6H8O2/c1-27-15-8-9-17-16(14-15)20-21-18(23-17)6-5-7-19(21)25(22(20)26)13-12-24-10-3-2-4-11-24;1-13-5-2-3-7-6(4-5)8(11)9(12)10-7;8-4-7-9-5-2-1-3-6-9;7-5-2-1-3-6(8)4-5/h5-9,14H,2-4,10-13H2,1H3;2-4H,1H3,(H,10,11,12);1-8H2;1-4H2. The summed E-state index contributed by atoms with van der Waals surface area (Å²) in [5.41, 5.74) is 9.82. The normalized spacial score (nSPS) is 17.9. The number of Topliss-reactive ketones (excluding diaryl/α,β-unsaturated/α-hetero) is 3. The van der Waals surface area contributed by atoms with E-state index in [-0.39, 0.29) is 23.9 Å². The van der Waals surface area contributed by atoms with E-state index in [0.717, 1.165) is 84.5 Å². The third-order valence-electron chi connectivity index (χ3n) is 10.9. The molecule has 1 saturated carbocycles. The fourth-order valence-electron chi connectivity index (χ4n) is 7.91. The molecule has 13 nitrogen and oxygen atoms in total. The van der Waals surface area contributed by atoms with Gasteiger partial charge in [0.1, 0.15) is 23.1 Å². The summed E-state index contributed by atoms with van der Waals surface area (Å²) in [5, 5.41) is 4.30. The number of ketones is 3. The first-order chi connectivity index (χ1) is 27.7. The topological polar surface area (TPSA) is 164 Å². The number of nitrogens with zero attached hydrogens (tertiary/aromatic N) is 4. The summed E-state index contributed by atoms with van der Waals surface area (Å²) in [6.07, 6.45) is 10.2. The van der Waals surface area contributed by atoms with E-state index >= 15 is 0 Å². The van der Waals surface area contributed by atoms with Gasteiger partial charge in [0.05, 0.1) is 54.2 Å². The summed E-state index contributed by atoms with van der Waals surface area (Å²) < 4.78 is 10.3. The molecule has 5 heterocycles. The van der Waals surface area contributed by atoms with Crippen LogP contribution in [-0.2, 0) is 14.4 Å². The number of piperidine rings is 2. The number of anilines is 2. The Morgan fingerprint density at radius 3 is 1.95 bits per heavy atom. The molecule has 1 aliphatic carbocycles. The number of aromatic nitrogens is 1. The van der Waals surface area contributed by atoms with E-state index < -0.39 is 11.7 Å². The zero-order valence-corrected chi connectivity index (χ0v) is 33.1. The van der Waals surface area contributed by atoms with Crippen LogP contribution in [0.5, 0.6) is 11.5 Å². The van der Waals surface area contributed by atoms with E-state index in [1.807, 2.05) is 41.3 Å². The molecular formula is C44H54N6O7. The van der Waals surface area contributed by atoms with Crippen LogP contribution in [0.25, 0.3) is 21.8 Å². The zero-order valence-electron chi connectivity index (χ0n) is 33.1. The first kappa shape index (κ1) is 41.4. The smallest absolute Gasteiger partial charge is 0.296 e. The number of carbonyl (C=O) groups excluding carboxylic acids is 5. The van der Waals surface area contributed by atoms with Gasteiger partial charge in [-0.15, -0.1) is 0 Å². The number of amides is 2. The maximum Gasteiger partial charge on any atom is 0.296 e. The van der Waals surface area contributed by atoms with E-state index in [9.17, 15) is 24.0 Å². The van der Waals surface area contributed by atoms with E-state index in [1.54, 1.807) is 25.3 Å². The molecule has 3 aromatic carbocycles. The van der Waals surface area contributed by atoms with Crippen LogP contribution in [0.15, 0.2) is 54.6 Å². The van der Waals surface area contributed by atoms with Crippen molar-refractivity contribution in [2.24, 2.45) is 5.73 Å². The molecule has 9 rings (SSSR count). The second-order valence-electron chi connectivity index (χ2n) is 14.9. The van der Waals surface area contributed by atoms with Gasteiger partial charge in [0.25, 0.3) is 17.6 Å². The average molecular weight is 779 g/mol. The maximum absolute atomic E-state index is 13.4. The largest absolute Gasteiger partial charge is 0.497 e. The zero-order chi connectivity index (χ0) is 40.3. The highest BCUT2D eigenvalue weighted by molar-refractivity contribution is 6.51. The number of hydrogen-bond donors (Lipinski definition) is 2. The Bertz CT molecular complexity index is 2090. The summed E-state index contributed by atoms with van der Waals surface area (Å²) in [5.74, 6) is 0.541. The average Bonchev–Trinajstić information content (AvgIpc) is 3.69. The lowest BCUT2D eigenvalue weighted by molar-refractivity contribution is -0.129. The van der Waals surface area contributed by atoms with Crippen molar-refractivity contribution < 1.29 is 33.4 Å². The molecule has 13 heteroatoms. The number of carbonyl (C=O) groups is 5. The van der Waals surface area contributed by atoms with Crippen molar-refractivity contribution in [3.8, 4) is 11.5 Å². The van der Waals surface area contributed by atoms with Crippen molar-refractivity contribution in [1.82, 2.24) is 14.8 Å². The Morgan fingerprint density at radius 2 is 1.33 bits per heavy atom. The number of nitrogens with two attached hydrogens (primary N) is 1. The summed E-state index contributed by atoms with van der Waals surface area (Å²) in [6, 6.07) is 16.7. The SMILES string of the molecule is COc1ccc2c(c1)C(=O)C(=O)N2.COc1ccc2nc3cccc4c3c(c2c1)C(=O)N4CCN1CCCCC1.NCCN1CCCCC1.O=C1CCCC(=O)C1. The molecule has 3 fully saturated rings. The first-order valence-electron chi connectivity index (χ1n) is 20.1. The van der Waals surface area contributed by atoms with Crippen LogP contribution >= 0.6 is 0 Å². The predicted molar refractivity (Wildman–Crippen MR) is 222 cm³/mol. The van der Waals surface area contributed by atoms with Crippen molar-refractivity contribution in [1.29, 1.82) is 0 Å². The quantitative estimate of drug-likeness (QED) is 0.132. The van der Waals surface area contributed by atoms with Crippen molar-refractivity contribution in [3.63, 3.8) is 0 Å². The number of pyridine rings is 1. The first-order valence-corrected chi connectivity index (χ1v) is 20.1. The van der Waals surface area contributed by atoms with Gasteiger partial charge in [-0.1, -0.05) is 18.9 Å². The van der Waals surface area contributed by atoms with Gasteiger partial charge in [-0.05, 0) is 107 Å². The van der Waals surface area contributed by atoms with Gasteiger partial charge in [0.2, 0.25) is 0 Å². The highest BCUT2D eigenvalue weighted by atomic mass is 16.5. The molecule has 0 unspecified atom stereocenters. The molecular weight excluding hydrogens is 725 g/mol. The number of benzene rings is 3. The van der Waals surface area contributed by atoms with Gasteiger partial charge in [-0.25, -0.2) is 4.98 Å². The van der Waals surface area contributed by atoms with Crippen LogP contribution in [0.1, 0.15) is 84.9 Å². The molecule has 0 spiro atoms. The molecule has 5 aliphatic rings. The van der Waals surface area contributed by atoms with Crippen LogP contribution in [-0.4, -0.2) is 111 Å². The van der Waals surface area contributed by atoms with Crippen LogP contribution in [0.3, 0.4) is 0 Å². The molecule has 4 aliphatic heterocycles. The van der Waals surface area contributed by atoms with Gasteiger partial charge in [0.15, 0.2) is 0 Å². The van der Waals surface area contributed by atoms with Crippen molar-refractivity contribution in [2.75, 3.05) is 76.8 Å². The third-order valence-corrected chi connectivity index (χ3v) is 10.9. The maximum atomic E-state index is 13.4. The highest BCUT2D eigenvalue weighted by Crippen LogP contribution is 2.41. The van der Waals surface area contributed by atoms with Crippen molar-refractivity contribution in [3.05, 3.63) is 65.7 Å². The second-order valence-corrected chi connectivity index (χ2v) is 14.9. The summed E-state index contributed by atoms with van der Waals surface area (Å²) in [7, 11) is 3.16. The number of methoxy groups -OCH3 is 2. The van der Waals surface area contributed by atoms with Gasteiger partial charge in [0, 0.05) is 49.8 Å². The van der Waals surface area contributed by atoms with Crippen LogP contribution in [0, 0.1) is 0 Å². The molecule has 0 radical (unpaired) electrons. The van der Waals surface area contributed by atoms with E-state index in [0.29, 0.717) is 29.8 Å². The highest BCUT2D eigenvalue weighted by Gasteiger charge is 2.33. The molecule has 1 aromatic heterocycles. The molecule has 302 valence electrons. The van der Waals surface area contributed by atoms with E-state index in [4.69, 9.17) is 20.2 Å². The van der Waals surface area contributed by atoms with Gasteiger partial charge in [-0.2, -0.15) is 0 Å². The summed E-state index contributed by atoms with van der Waals surface area (Å²) in [6.45, 7) is 8.39. The molecule has 0 bridgehead atoms. The Balaban J connectivity index is 0.000000151. The molecule has 57 heavy (non-hydrogen) atoms. The monoisotopic (exact) mass is 778 g/mol. The Labute approximate surface area is 333 Å². The number of hydrogen-bond acceptors (Lipinski definition) is 11. The lowest BCUT2D eigenvalue weighted by Gasteiger charge is -2.28. The lowest BCUT2D eigenvalue weighted by Crippen LogP contribution is -2.39. The second kappa shape index (κ2) is 19.8. The summed E-state index contributed by atoms with van der Waals surface area (Å²) in [4.78, 5) is 68.1. The summed E-state index contributed by atoms with van der Waals surface area (Å²) >= 11 is 0. The minimum absolute atomic E-state index is 0.0823. The van der Waals surface area contributed by atoms with E-state index in [1.165, 1.54) is 58.7 Å². The number of likely N-dealkylation sites (tertiary alicyclic amines) is 2. The molecule has 3 N–H and O–H groups in total. The Kier molecular flexibility index (Phi) is 14.3. The van der Waals surface area contributed by atoms with Crippen molar-refractivity contribution >= 4 is 62.3 Å². The van der Waals surface area contributed by atoms with E-state index in [2.05, 4.69) is 15.1 Å². The number of fused-ring (bicyclic) bond motifs is 3. The Hall–Kier alpha value is -5.24. The predicted octanol–water partition coefficient (Wildman–Crippen LogP) is 5.80. The third kappa shape index (κ3) is 10.2. The fourth-order valence-corrected chi connectivity index (χ4v) is 7.91. The van der Waals surface area contributed by atoms with Crippen molar-refractivity contribution in [2.45, 2.75) is 64.2 Å².